The number of nitrogens with zero attached hydrogens (tertiary/aromatic N) is 1. The van der Waals surface area contributed by atoms with E-state index in [0.717, 1.165) is 0 Å². The Labute approximate surface area is 113 Å². The van der Waals surface area contributed by atoms with Crippen LogP contribution in [0.5, 0.6) is 0 Å². The lowest BCUT2D eigenvalue weighted by atomic mass is 9.86. The maximum absolute atomic E-state index is 12.3. The Hall–Kier alpha value is -1.88. The van der Waals surface area contributed by atoms with Crippen molar-refractivity contribution in [2.75, 3.05) is 11.9 Å². The van der Waals surface area contributed by atoms with Gasteiger partial charge in [-0.25, -0.2) is 4.79 Å². The molecule has 1 aromatic carbocycles. The van der Waals surface area contributed by atoms with E-state index in [1.165, 1.54) is 18.0 Å². The fourth-order valence-corrected chi connectivity index (χ4v) is 1.64. The molecule has 5 nitrogen and oxygen atoms in total. The van der Waals surface area contributed by atoms with Crippen LogP contribution in [0.3, 0.4) is 0 Å². The zero-order valence-electron chi connectivity index (χ0n) is 11.7. The van der Waals surface area contributed by atoms with Crippen molar-refractivity contribution in [1.29, 1.82) is 0 Å². The Morgan fingerprint density at radius 2 is 1.79 bits per heavy atom. The van der Waals surface area contributed by atoms with Gasteiger partial charge in [0.05, 0.1) is 17.3 Å². The Morgan fingerprint density at radius 3 is 2.26 bits per heavy atom. The summed E-state index contributed by atoms with van der Waals surface area (Å²) in [6.07, 6.45) is 0. The third-order valence-electron chi connectivity index (χ3n) is 3.03. The fraction of sp³-hybridized carbons (Fsp3) is 0.429. The molecule has 5 heteroatoms. The molecule has 0 aromatic heterocycles. The summed E-state index contributed by atoms with van der Waals surface area (Å²) in [4.78, 5) is 24.7. The summed E-state index contributed by atoms with van der Waals surface area (Å²) in [5.74, 6) is -1.37. The monoisotopic (exact) mass is 264 g/mol. The van der Waals surface area contributed by atoms with Gasteiger partial charge in [-0.3, -0.25) is 4.79 Å². The summed E-state index contributed by atoms with van der Waals surface area (Å²) >= 11 is 0. The zero-order chi connectivity index (χ0) is 14.8. The summed E-state index contributed by atoms with van der Waals surface area (Å²) in [5, 5.41) is 9.13. The predicted octanol–water partition coefficient (Wildman–Crippen LogP) is 1.72. The second kappa shape index (κ2) is 5.40. The molecule has 1 amide bonds. The van der Waals surface area contributed by atoms with Crippen molar-refractivity contribution in [2.45, 2.75) is 26.8 Å². The van der Waals surface area contributed by atoms with Gasteiger partial charge in [0.25, 0.3) is 0 Å². The predicted molar refractivity (Wildman–Crippen MR) is 74.2 cm³/mol. The Morgan fingerprint density at radius 1 is 1.26 bits per heavy atom. The van der Waals surface area contributed by atoms with E-state index in [1.54, 1.807) is 18.2 Å². The third kappa shape index (κ3) is 3.32. The van der Waals surface area contributed by atoms with E-state index in [-0.39, 0.29) is 16.9 Å². The number of anilines is 1. The number of hydrogen-bond donors (Lipinski definition) is 2. The van der Waals surface area contributed by atoms with E-state index < -0.39 is 12.0 Å². The standard InChI is InChI=1S/C14H20N2O3/c1-14(2,3)11(15)12(17)16(4)10-8-6-5-7-9(10)13(18)19/h5-8,11H,15H2,1-4H3,(H,18,19). The molecule has 0 aliphatic heterocycles. The van der Waals surface area contributed by atoms with Crippen molar-refractivity contribution in [1.82, 2.24) is 0 Å². The van der Waals surface area contributed by atoms with Gasteiger partial charge in [-0.05, 0) is 17.5 Å². The number of benzene rings is 1. The van der Waals surface area contributed by atoms with Crippen molar-refractivity contribution < 1.29 is 14.7 Å². The fourth-order valence-electron chi connectivity index (χ4n) is 1.64. The smallest absolute Gasteiger partial charge is 0.337 e. The van der Waals surface area contributed by atoms with Crippen LogP contribution in [-0.2, 0) is 4.79 Å². The summed E-state index contributed by atoms with van der Waals surface area (Å²) < 4.78 is 0. The van der Waals surface area contributed by atoms with Crippen molar-refractivity contribution in [3.8, 4) is 0 Å². The highest BCUT2D eigenvalue weighted by Crippen LogP contribution is 2.24. The number of carboxylic acid groups (broad SMARTS) is 1. The van der Waals surface area contributed by atoms with Gasteiger partial charge in [0, 0.05) is 7.05 Å². The number of amides is 1. The second-order valence-corrected chi connectivity index (χ2v) is 5.56. The van der Waals surface area contributed by atoms with Gasteiger partial charge in [-0.2, -0.15) is 0 Å². The third-order valence-corrected chi connectivity index (χ3v) is 3.03. The van der Waals surface area contributed by atoms with Gasteiger partial charge in [0.1, 0.15) is 0 Å². The van der Waals surface area contributed by atoms with Crippen molar-refractivity contribution in [3.05, 3.63) is 29.8 Å². The molecule has 104 valence electrons. The number of likely N-dealkylation sites (N-methyl/N-ethyl adjacent to an activating group) is 1. The Bertz CT molecular complexity index is 492. The first-order chi connectivity index (χ1) is 8.66. The molecule has 0 spiro atoms. The topological polar surface area (TPSA) is 83.6 Å². The van der Waals surface area contributed by atoms with Crippen LogP contribution >= 0.6 is 0 Å². The van der Waals surface area contributed by atoms with Crippen molar-refractivity contribution >= 4 is 17.6 Å². The molecule has 0 fully saturated rings. The normalized spacial score (nSPS) is 12.9. The Balaban J connectivity index is 3.11. The van der Waals surface area contributed by atoms with Crippen LogP contribution in [0, 0.1) is 5.41 Å². The minimum Gasteiger partial charge on any atom is -0.478 e. The summed E-state index contributed by atoms with van der Waals surface area (Å²) in [5.41, 5.74) is 5.96. The quantitative estimate of drug-likeness (QED) is 0.870. The molecule has 3 N–H and O–H groups in total. The number of carbonyl (C=O) groups is 2. The molecule has 0 aliphatic carbocycles. The van der Waals surface area contributed by atoms with Gasteiger partial charge in [0.15, 0.2) is 0 Å². The minimum atomic E-state index is -1.07. The van der Waals surface area contributed by atoms with Gasteiger partial charge < -0.3 is 15.7 Å². The van der Waals surface area contributed by atoms with E-state index >= 15 is 0 Å². The molecule has 0 radical (unpaired) electrons. The largest absolute Gasteiger partial charge is 0.478 e. The van der Waals surface area contributed by atoms with E-state index in [0.29, 0.717) is 5.69 Å². The Kier molecular flexibility index (Phi) is 4.32. The molecule has 1 rings (SSSR count). The van der Waals surface area contributed by atoms with Gasteiger partial charge in [-0.1, -0.05) is 32.9 Å². The number of rotatable bonds is 3. The number of aromatic carboxylic acids is 1. The molecule has 19 heavy (non-hydrogen) atoms. The van der Waals surface area contributed by atoms with Crippen LogP contribution in [0.4, 0.5) is 5.69 Å². The van der Waals surface area contributed by atoms with Crippen LogP contribution < -0.4 is 10.6 Å². The second-order valence-electron chi connectivity index (χ2n) is 5.56. The molecule has 1 aromatic rings. The SMILES string of the molecule is CN(C(=O)C(N)C(C)(C)C)c1ccccc1C(=O)O. The number of hydrogen-bond acceptors (Lipinski definition) is 3. The summed E-state index contributed by atoms with van der Waals surface area (Å²) in [7, 11) is 1.54. The van der Waals surface area contributed by atoms with E-state index in [2.05, 4.69) is 0 Å². The molecule has 0 saturated heterocycles. The lowest BCUT2D eigenvalue weighted by Crippen LogP contribution is -2.49. The number of carboxylic acids is 1. The molecular weight excluding hydrogens is 244 g/mol. The number of nitrogens with two attached hydrogens (primary N) is 1. The molecule has 0 bridgehead atoms. The van der Waals surface area contributed by atoms with Crippen LogP contribution in [0.1, 0.15) is 31.1 Å². The highest BCUT2D eigenvalue weighted by atomic mass is 16.4. The zero-order valence-corrected chi connectivity index (χ0v) is 11.7. The maximum atomic E-state index is 12.3. The van der Waals surface area contributed by atoms with E-state index in [4.69, 9.17) is 10.8 Å². The lowest BCUT2D eigenvalue weighted by molar-refractivity contribution is -0.121. The van der Waals surface area contributed by atoms with Crippen LogP contribution in [0.25, 0.3) is 0 Å². The molecule has 0 aliphatic rings. The van der Waals surface area contributed by atoms with Crippen molar-refractivity contribution in [3.63, 3.8) is 0 Å². The number of carbonyl (C=O) groups excluding carboxylic acids is 1. The summed E-state index contributed by atoms with van der Waals surface area (Å²) in [6, 6.07) is 5.67. The first-order valence-electron chi connectivity index (χ1n) is 6.01. The van der Waals surface area contributed by atoms with E-state index in [1.807, 2.05) is 20.8 Å². The first kappa shape index (κ1) is 15.2. The highest BCUT2D eigenvalue weighted by molar-refractivity contribution is 6.03. The molecule has 0 saturated carbocycles. The maximum Gasteiger partial charge on any atom is 0.337 e. The minimum absolute atomic E-state index is 0.0828. The van der Waals surface area contributed by atoms with Crippen LogP contribution in [0.15, 0.2) is 24.3 Å². The molecule has 1 unspecified atom stereocenters. The van der Waals surface area contributed by atoms with Crippen molar-refractivity contribution in [2.24, 2.45) is 11.1 Å². The van der Waals surface area contributed by atoms with Crippen LogP contribution in [-0.4, -0.2) is 30.1 Å². The van der Waals surface area contributed by atoms with E-state index in [9.17, 15) is 9.59 Å². The molecular formula is C14H20N2O3. The molecule has 1 atom stereocenters. The van der Waals surface area contributed by atoms with Gasteiger partial charge in [-0.15, -0.1) is 0 Å². The first-order valence-corrected chi connectivity index (χ1v) is 6.01. The van der Waals surface area contributed by atoms with Crippen LogP contribution in [0.2, 0.25) is 0 Å². The van der Waals surface area contributed by atoms with Gasteiger partial charge in [0.2, 0.25) is 5.91 Å². The molecule has 0 heterocycles. The lowest BCUT2D eigenvalue weighted by Gasteiger charge is -2.30. The van der Waals surface area contributed by atoms with Gasteiger partial charge >= 0.3 is 5.97 Å². The average Bonchev–Trinajstić information content (AvgIpc) is 2.34. The highest BCUT2D eigenvalue weighted by Gasteiger charge is 2.31. The average molecular weight is 264 g/mol. The summed E-state index contributed by atoms with van der Waals surface area (Å²) in [6.45, 7) is 5.60. The number of para-hydroxylation sites is 1.